The Balaban J connectivity index is 2.31. The lowest BCUT2D eigenvalue weighted by molar-refractivity contribution is 0.401. The summed E-state index contributed by atoms with van der Waals surface area (Å²) < 4.78 is 32.8. The Morgan fingerprint density at radius 3 is 2.71 bits per heavy atom. The molecule has 0 radical (unpaired) electrons. The highest BCUT2D eigenvalue weighted by molar-refractivity contribution is 7.89. The maximum absolute atomic E-state index is 12.5. The SMILES string of the molecule is COc1cc(CN)ccc1S(=O)(=O)NC(C)c1cccs1. The summed E-state index contributed by atoms with van der Waals surface area (Å²) in [5, 5.41) is 1.91. The Hall–Kier alpha value is -1.41. The first kappa shape index (κ1) is 16.0. The lowest BCUT2D eigenvalue weighted by Crippen LogP contribution is -2.26. The van der Waals surface area contributed by atoms with Gasteiger partial charge < -0.3 is 10.5 Å². The van der Waals surface area contributed by atoms with Gasteiger partial charge in [-0.15, -0.1) is 11.3 Å². The van der Waals surface area contributed by atoms with Crippen LogP contribution in [0.1, 0.15) is 23.4 Å². The number of hydrogen-bond donors (Lipinski definition) is 2. The summed E-state index contributed by atoms with van der Waals surface area (Å²) in [5.41, 5.74) is 6.37. The Morgan fingerprint density at radius 2 is 2.14 bits per heavy atom. The molecule has 1 unspecified atom stereocenters. The van der Waals surface area contributed by atoms with E-state index in [0.717, 1.165) is 10.4 Å². The molecule has 1 aromatic heterocycles. The maximum Gasteiger partial charge on any atom is 0.244 e. The lowest BCUT2D eigenvalue weighted by Gasteiger charge is -2.15. The zero-order valence-corrected chi connectivity index (χ0v) is 13.5. The minimum absolute atomic E-state index is 0.116. The van der Waals surface area contributed by atoms with Crippen LogP contribution < -0.4 is 15.2 Å². The van der Waals surface area contributed by atoms with Gasteiger partial charge in [-0.2, -0.15) is 0 Å². The van der Waals surface area contributed by atoms with Crippen LogP contribution in [-0.2, 0) is 16.6 Å². The molecule has 0 aliphatic heterocycles. The second-order valence-corrected chi connectivity index (χ2v) is 7.21. The van der Waals surface area contributed by atoms with E-state index in [1.807, 2.05) is 24.4 Å². The van der Waals surface area contributed by atoms with Crippen molar-refractivity contribution in [3.8, 4) is 5.75 Å². The number of nitrogens with one attached hydrogen (secondary N) is 1. The standard InChI is InChI=1S/C14H18N2O3S2/c1-10(13-4-3-7-20-13)16-21(17,18)14-6-5-11(9-15)8-12(14)19-2/h3-8,10,16H,9,15H2,1-2H3. The normalized spacial score (nSPS) is 13.1. The Morgan fingerprint density at radius 1 is 1.38 bits per heavy atom. The number of rotatable bonds is 6. The van der Waals surface area contributed by atoms with E-state index in [1.165, 1.54) is 24.5 Å². The van der Waals surface area contributed by atoms with Crippen molar-refractivity contribution in [1.82, 2.24) is 4.72 Å². The molecule has 0 aliphatic carbocycles. The monoisotopic (exact) mass is 326 g/mol. The number of nitrogens with two attached hydrogens (primary N) is 1. The molecule has 2 aromatic rings. The van der Waals surface area contributed by atoms with Gasteiger partial charge in [-0.1, -0.05) is 12.1 Å². The van der Waals surface area contributed by atoms with Gasteiger partial charge in [-0.25, -0.2) is 13.1 Å². The number of thiophene rings is 1. The molecule has 0 bridgehead atoms. The van der Waals surface area contributed by atoms with Crippen molar-refractivity contribution >= 4 is 21.4 Å². The van der Waals surface area contributed by atoms with Crippen molar-refractivity contribution in [1.29, 1.82) is 0 Å². The fourth-order valence-electron chi connectivity index (χ4n) is 1.95. The van der Waals surface area contributed by atoms with Gasteiger partial charge in [-0.05, 0) is 36.1 Å². The van der Waals surface area contributed by atoms with E-state index < -0.39 is 10.0 Å². The Labute approximate surface area is 128 Å². The summed E-state index contributed by atoms with van der Waals surface area (Å²) in [7, 11) is -2.22. The van der Waals surface area contributed by atoms with Crippen molar-refractivity contribution in [2.45, 2.75) is 24.4 Å². The van der Waals surface area contributed by atoms with Crippen LogP contribution in [0.3, 0.4) is 0 Å². The molecule has 0 saturated heterocycles. The number of methoxy groups -OCH3 is 1. The van der Waals surface area contributed by atoms with Crippen LogP contribution in [0, 0.1) is 0 Å². The fourth-order valence-corrected chi connectivity index (χ4v) is 4.14. The summed E-state index contributed by atoms with van der Waals surface area (Å²) in [4.78, 5) is 1.07. The molecule has 7 heteroatoms. The number of hydrogen-bond acceptors (Lipinski definition) is 5. The molecule has 3 N–H and O–H groups in total. The Bertz CT molecular complexity index is 697. The van der Waals surface area contributed by atoms with Gasteiger partial charge in [0.15, 0.2) is 0 Å². The summed E-state index contributed by atoms with van der Waals surface area (Å²) in [5.74, 6) is 0.295. The average molecular weight is 326 g/mol. The van der Waals surface area contributed by atoms with Gasteiger partial charge in [-0.3, -0.25) is 0 Å². The highest BCUT2D eigenvalue weighted by atomic mass is 32.2. The molecule has 5 nitrogen and oxygen atoms in total. The van der Waals surface area contributed by atoms with Crippen LogP contribution in [0.25, 0.3) is 0 Å². The van der Waals surface area contributed by atoms with Gasteiger partial charge >= 0.3 is 0 Å². The van der Waals surface area contributed by atoms with Crippen LogP contribution in [0.5, 0.6) is 5.75 Å². The Kier molecular flexibility index (Phi) is 5.00. The smallest absolute Gasteiger partial charge is 0.244 e. The van der Waals surface area contributed by atoms with Crippen LogP contribution in [-0.4, -0.2) is 15.5 Å². The maximum atomic E-state index is 12.5. The molecule has 0 saturated carbocycles. The van der Waals surface area contributed by atoms with Gasteiger partial charge in [0.25, 0.3) is 0 Å². The van der Waals surface area contributed by atoms with Gasteiger partial charge in [0.1, 0.15) is 10.6 Å². The zero-order valence-electron chi connectivity index (χ0n) is 11.9. The third-order valence-electron chi connectivity index (χ3n) is 3.06. The summed E-state index contributed by atoms with van der Waals surface area (Å²) in [6.07, 6.45) is 0. The molecule has 0 aliphatic rings. The highest BCUT2D eigenvalue weighted by Gasteiger charge is 2.22. The zero-order chi connectivity index (χ0) is 15.5. The summed E-state index contributed by atoms with van der Waals surface area (Å²) >= 11 is 1.51. The molecule has 1 heterocycles. The van der Waals surface area contributed by atoms with E-state index in [9.17, 15) is 8.42 Å². The first-order valence-corrected chi connectivity index (χ1v) is 8.77. The molecule has 0 amide bonds. The van der Waals surface area contributed by atoms with Crippen molar-refractivity contribution in [2.24, 2.45) is 5.73 Å². The predicted molar refractivity (Wildman–Crippen MR) is 83.9 cm³/mol. The van der Waals surface area contributed by atoms with Crippen molar-refractivity contribution in [3.05, 3.63) is 46.2 Å². The van der Waals surface area contributed by atoms with Crippen LogP contribution in [0.15, 0.2) is 40.6 Å². The number of ether oxygens (including phenoxy) is 1. The van der Waals surface area contributed by atoms with Crippen LogP contribution >= 0.6 is 11.3 Å². The van der Waals surface area contributed by atoms with E-state index in [2.05, 4.69) is 4.72 Å². The topological polar surface area (TPSA) is 81.4 Å². The molecule has 0 fully saturated rings. The third-order valence-corrected chi connectivity index (χ3v) is 5.69. The molecule has 1 atom stereocenters. The van der Waals surface area contributed by atoms with Crippen LogP contribution in [0.2, 0.25) is 0 Å². The first-order chi connectivity index (χ1) is 9.97. The second kappa shape index (κ2) is 6.57. The predicted octanol–water partition coefficient (Wildman–Crippen LogP) is 2.25. The van der Waals surface area contributed by atoms with E-state index in [-0.39, 0.29) is 10.9 Å². The largest absolute Gasteiger partial charge is 0.495 e. The molecule has 2 rings (SSSR count). The number of sulfonamides is 1. The summed E-state index contributed by atoms with van der Waals surface area (Å²) in [6.45, 7) is 2.14. The van der Waals surface area contributed by atoms with Crippen molar-refractivity contribution in [2.75, 3.05) is 7.11 Å². The molecule has 0 spiro atoms. The van der Waals surface area contributed by atoms with Crippen LogP contribution in [0.4, 0.5) is 0 Å². The first-order valence-electron chi connectivity index (χ1n) is 6.40. The third kappa shape index (κ3) is 3.62. The molecule has 21 heavy (non-hydrogen) atoms. The van der Waals surface area contributed by atoms with E-state index in [4.69, 9.17) is 10.5 Å². The van der Waals surface area contributed by atoms with Crippen molar-refractivity contribution < 1.29 is 13.2 Å². The quantitative estimate of drug-likeness (QED) is 0.853. The fraction of sp³-hybridized carbons (Fsp3) is 0.286. The molecular formula is C14H18N2O3S2. The van der Waals surface area contributed by atoms with Crippen molar-refractivity contribution in [3.63, 3.8) is 0 Å². The molecule has 114 valence electrons. The number of benzene rings is 1. The van der Waals surface area contributed by atoms with Gasteiger partial charge in [0, 0.05) is 11.4 Å². The second-order valence-electron chi connectivity index (χ2n) is 4.55. The van der Waals surface area contributed by atoms with E-state index >= 15 is 0 Å². The van der Waals surface area contributed by atoms with E-state index in [0.29, 0.717) is 12.3 Å². The van der Waals surface area contributed by atoms with E-state index in [1.54, 1.807) is 12.1 Å². The van der Waals surface area contributed by atoms with Gasteiger partial charge in [0.05, 0.1) is 13.2 Å². The lowest BCUT2D eigenvalue weighted by atomic mass is 10.2. The molecular weight excluding hydrogens is 308 g/mol. The minimum Gasteiger partial charge on any atom is -0.495 e. The molecule has 1 aromatic carbocycles. The summed E-state index contributed by atoms with van der Waals surface area (Å²) in [6, 6.07) is 8.34. The van der Waals surface area contributed by atoms with Gasteiger partial charge in [0.2, 0.25) is 10.0 Å². The highest BCUT2D eigenvalue weighted by Crippen LogP contribution is 2.27. The average Bonchev–Trinajstić information content (AvgIpc) is 3.00. The minimum atomic E-state index is -3.66.